The Labute approximate surface area is 141 Å². The largest absolute Gasteiger partial charge is 0.342 e. The molecule has 3 rings (SSSR count). The highest BCUT2D eigenvalue weighted by Gasteiger charge is 2.26. The Hall–Kier alpha value is -1.75. The number of carbonyl (C=O) groups excluding carboxylic acids is 1. The zero-order chi connectivity index (χ0) is 16.1. The summed E-state index contributed by atoms with van der Waals surface area (Å²) >= 11 is 5.62. The van der Waals surface area contributed by atoms with E-state index in [9.17, 15) is 4.79 Å². The maximum absolute atomic E-state index is 11.9. The molecule has 2 amide bonds. The summed E-state index contributed by atoms with van der Waals surface area (Å²) in [5.41, 5.74) is 2.09. The fourth-order valence-electron chi connectivity index (χ4n) is 3.24. The fraction of sp³-hybridized carbons (Fsp3) is 0.529. The number of halogens is 1. The summed E-state index contributed by atoms with van der Waals surface area (Å²) in [5.74, 6) is 1.99. The topological polar surface area (TPSA) is 69.8 Å². The molecule has 5 nitrogen and oxygen atoms in total. The van der Waals surface area contributed by atoms with Crippen LogP contribution < -0.4 is 10.6 Å². The predicted molar refractivity (Wildman–Crippen MR) is 93.0 cm³/mol. The van der Waals surface area contributed by atoms with Gasteiger partial charge in [-0.1, -0.05) is 18.6 Å². The number of aromatic nitrogens is 2. The smallest absolute Gasteiger partial charge is 0.315 e. The van der Waals surface area contributed by atoms with Gasteiger partial charge in [-0.15, -0.1) is 11.6 Å². The molecular formula is C17H23ClN4O. The Morgan fingerprint density at radius 3 is 3.04 bits per heavy atom. The Balaban J connectivity index is 1.58. The molecule has 23 heavy (non-hydrogen) atoms. The zero-order valence-electron chi connectivity index (χ0n) is 13.1. The normalized spacial score (nSPS) is 21.3. The number of urea groups is 1. The van der Waals surface area contributed by atoms with Crippen LogP contribution in [0.25, 0.3) is 11.0 Å². The van der Waals surface area contributed by atoms with E-state index >= 15 is 0 Å². The Kier molecular flexibility index (Phi) is 5.39. The van der Waals surface area contributed by atoms with Crippen LogP contribution in [-0.2, 0) is 0 Å². The van der Waals surface area contributed by atoms with Gasteiger partial charge in [0.05, 0.1) is 11.0 Å². The van der Waals surface area contributed by atoms with Crippen LogP contribution in [-0.4, -0.2) is 34.5 Å². The van der Waals surface area contributed by atoms with E-state index in [0.29, 0.717) is 18.3 Å². The number of alkyl halides is 1. The molecule has 1 aromatic carbocycles. The van der Waals surface area contributed by atoms with Crippen molar-refractivity contribution in [2.75, 3.05) is 12.4 Å². The van der Waals surface area contributed by atoms with Gasteiger partial charge in [0.15, 0.2) is 0 Å². The summed E-state index contributed by atoms with van der Waals surface area (Å²) in [6, 6.07) is 8.21. The maximum Gasteiger partial charge on any atom is 0.315 e. The van der Waals surface area contributed by atoms with Crippen molar-refractivity contribution in [2.24, 2.45) is 0 Å². The Morgan fingerprint density at radius 1 is 1.35 bits per heavy atom. The molecule has 0 saturated heterocycles. The molecular weight excluding hydrogens is 312 g/mol. The monoisotopic (exact) mass is 334 g/mol. The van der Waals surface area contributed by atoms with Gasteiger partial charge in [-0.05, 0) is 37.8 Å². The van der Waals surface area contributed by atoms with Crippen molar-refractivity contribution in [1.82, 2.24) is 20.6 Å². The number of carbonyl (C=O) groups is 1. The molecule has 0 radical (unpaired) electrons. The van der Waals surface area contributed by atoms with Gasteiger partial charge in [-0.25, -0.2) is 9.78 Å². The van der Waals surface area contributed by atoms with Crippen LogP contribution in [0, 0.1) is 0 Å². The molecule has 1 heterocycles. The van der Waals surface area contributed by atoms with E-state index in [4.69, 9.17) is 16.6 Å². The van der Waals surface area contributed by atoms with Crippen molar-refractivity contribution in [2.45, 2.75) is 44.1 Å². The van der Waals surface area contributed by atoms with E-state index in [1.165, 1.54) is 0 Å². The standard InChI is InChI=1S/C17H23ClN4O/c18-9-4-10-19-17(23)20-13-6-3-5-12(11-13)16-21-14-7-1-2-8-15(14)22-16/h1-2,7-8,12-13H,3-6,9-11H2,(H,21,22)(H2,19,20,23). The van der Waals surface area contributed by atoms with Crippen molar-refractivity contribution >= 4 is 28.7 Å². The van der Waals surface area contributed by atoms with Crippen LogP contribution in [0.5, 0.6) is 0 Å². The number of hydrogen-bond donors (Lipinski definition) is 3. The van der Waals surface area contributed by atoms with Gasteiger partial charge in [0.25, 0.3) is 0 Å². The van der Waals surface area contributed by atoms with Crippen LogP contribution >= 0.6 is 11.6 Å². The molecule has 3 N–H and O–H groups in total. The van der Waals surface area contributed by atoms with E-state index in [2.05, 4.69) is 21.7 Å². The van der Waals surface area contributed by atoms with Crippen molar-refractivity contribution in [1.29, 1.82) is 0 Å². The zero-order valence-corrected chi connectivity index (χ0v) is 13.9. The molecule has 1 aromatic heterocycles. The van der Waals surface area contributed by atoms with Crippen molar-refractivity contribution in [3.63, 3.8) is 0 Å². The molecule has 6 heteroatoms. The Bertz CT molecular complexity index is 624. The van der Waals surface area contributed by atoms with Gasteiger partial charge < -0.3 is 15.6 Å². The lowest BCUT2D eigenvalue weighted by molar-refractivity contribution is 0.230. The number of amides is 2. The second kappa shape index (κ2) is 7.68. The van der Waals surface area contributed by atoms with Gasteiger partial charge in [-0.3, -0.25) is 0 Å². The summed E-state index contributed by atoms with van der Waals surface area (Å²) in [5, 5.41) is 5.93. The first-order valence-corrected chi connectivity index (χ1v) is 8.84. The van der Waals surface area contributed by atoms with E-state index < -0.39 is 0 Å². The minimum Gasteiger partial charge on any atom is -0.342 e. The van der Waals surface area contributed by atoms with Gasteiger partial charge in [0.2, 0.25) is 0 Å². The lowest BCUT2D eigenvalue weighted by Gasteiger charge is -2.28. The number of fused-ring (bicyclic) bond motifs is 1. The number of H-pyrrole nitrogens is 1. The van der Waals surface area contributed by atoms with Gasteiger partial charge in [0, 0.05) is 24.4 Å². The number of rotatable bonds is 5. The molecule has 2 atom stereocenters. The minimum absolute atomic E-state index is 0.0922. The predicted octanol–water partition coefficient (Wildman–Crippen LogP) is 3.52. The number of para-hydroxylation sites is 2. The number of aromatic amines is 1. The third kappa shape index (κ3) is 4.16. The van der Waals surface area contributed by atoms with Crippen molar-refractivity contribution < 1.29 is 4.79 Å². The van der Waals surface area contributed by atoms with Crippen molar-refractivity contribution in [3.8, 4) is 0 Å². The lowest BCUT2D eigenvalue weighted by Crippen LogP contribution is -2.44. The molecule has 1 fully saturated rings. The summed E-state index contributed by atoms with van der Waals surface area (Å²) in [4.78, 5) is 20.0. The maximum atomic E-state index is 11.9. The van der Waals surface area contributed by atoms with E-state index in [1.807, 2.05) is 18.2 Å². The highest BCUT2D eigenvalue weighted by atomic mass is 35.5. The first-order chi connectivity index (χ1) is 11.3. The van der Waals surface area contributed by atoms with Crippen LogP contribution in [0.4, 0.5) is 4.79 Å². The average molecular weight is 335 g/mol. The van der Waals surface area contributed by atoms with E-state index in [1.54, 1.807) is 0 Å². The van der Waals surface area contributed by atoms with Crippen molar-refractivity contribution in [3.05, 3.63) is 30.1 Å². The second-order valence-electron chi connectivity index (χ2n) is 6.14. The summed E-state index contributed by atoms with van der Waals surface area (Å²) in [6.45, 7) is 0.620. The number of imidazole rings is 1. The Morgan fingerprint density at radius 2 is 2.22 bits per heavy atom. The van der Waals surface area contributed by atoms with Crippen LogP contribution in [0.15, 0.2) is 24.3 Å². The quantitative estimate of drug-likeness (QED) is 0.578. The molecule has 1 aliphatic carbocycles. The molecule has 0 bridgehead atoms. The molecule has 1 saturated carbocycles. The molecule has 0 spiro atoms. The van der Waals surface area contributed by atoms with Gasteiger partial charge in [-0.2, -0.15) is 0 Å². The minimum atomic E-state index is -0.0922. The third-order valence-corrected chi connectivity index (χ3v) is 4.67. The third-order valence-electron chi connectivity index (χ3n) is 4.40. The highest BCUT2D eigenvalue weighted by molar-refractivity contribution is 6.17. The fourth-order valence-corrected chi connectivity index (χ4v) is 3.37. The molecule has 1 aliphatic rings. The van der Waals surface area contributed by atoms with Gasteiger partial charge in [0.1, 0.15) is 5.82 Å². The molecule has 0 aliphatic heterocycles. The highest BCUT2D eigenvalue weighted by Crippen LogP contribution is 2.32. The number of nitrogens with one attached hydrogen (secondary N) is 3. The average Bonchev–Trinajstić information content (AvgIpc) is 2.99. The van der Waals surface area contributed by atoms with Crippen LogP contribution in [0.1, 0.15) is 43.8 Å². The second-order valence-corrected chi connectivity index (χ2v) is 6.52. The van der Waals surface area contributed by atoms with E-state index in [-0.39, 0.29) is 12.1 Å². The van der Waals surface area contributed by atoms with Crippen LogP contribution in [0.3, 0.4) is 0 Å². The number of hydrogen-bond acceptors (Lipinski definition) is 2. The molecule has 2 aromatic rings. The first kappa shape index (κ1) is 16.1. The molecule has 2 unspecified atom stereocenters. The summed E-state index contributed by atoms with van der Waals surface area (Å²) in [7, 11) is 0. The number of benzene rings is 1. The SMILES string of the molecule is O=C(NCCCCl)NC1CCCC(c2nc3ccccc3[nH]2)C1. The van der Waals surface area contributed by atoms with E-state index in [0.717, 1.165) is 49.0 Å². The first-order valence-electron chi connectivity index (χ1n) is 8.31. The number of nitrogens with zero attached hydrogens (tertiary/aromatic N) is 1. The summed E-state index contributed by atoms with van der Waals surface area (Å²) in [6.07, 6.45) is 4.98. The molecule has 124 valence electrons. The summed E-state index contributed by atoms with van der Waals surface area (Å²) < 4.78 is 0. The lowest BCUT2D eigenvalue weighted by atomic mass is 9.85. The van der Waals surface area contributed by atoms with Crippen LogP contribution in [0.2, 0.25) is 0 Å². The van der Waals surface area contributed by atoms with Gasteiger partial charge >= 0.3 is 6.03 Å².